The predicted octanol–water partition coefficient (Wildman–Crippen LogP) is 4.38. The standard InChI is InChI=1S/C27H27FN4O3S/c1-18-13-31(17-29-18)23-9-4-19(11-24(23)34-3)10-20-12-27(15-36(33)16-27)14-32-25(20)30-35-26(32,2)21-5-7-22(28)8-6-21/h4-11,13,17H,12,14-16H2,1-3H3. The first kappa shape index (κ1) is 23.0. The fourth-order valence-corrected chi connectivity index (χ4v) is 7.10. The summed E-state index contributed by atoms with van der Waals surface area (Å²) >= 11 is 0. The Morgan fingerprint density at radius 2 is 1.97 bits per heavy atom. The number of hydrogen-bond donors (Lipinski definition) is 0. The van der Waals surface area contributed by atoms with Crippen LogP contribution in [0.1, 0.15) is 30.2 Å². The number of benzene rings is 2. The van der Waals surface area contributed by atoms with Gasteiger partial charge in [0, 0.05) is 52.9 Å². The van der Waals surface area contributed by atoms with Gasteiger partial charge in [0.1, 0.15) is 11.6 Å². The van der Waals surface area contributed by atoms with Gasteiger partial charge in [-0.1, -0.05) is 23.4 Å². The van der Waals surface area contributed by atoms with Crippen LogP contribution in [0.3, 0.4) is 0 Å². The highest BCUT2D eigenvalue weighted by molar-refractivity contribution is 7.86. The van der Waals surface area contributed by atoms with Crippen molar-refractivity contribution in [2.24, 2.45) is 10.6 Å². The van der Waals surface area contributed by atoms with Crippen LogP contribution in [0.2, 0.25) is 0 Å². The number of piperidine rings is 1. The van der Waals surface area contributed by atoms with Crippen molar-refractivity contribution in [2.75, 3.05) is 25.2 Å². The molecule has 186 valence electrons. The van der Waals surface area contributed by atoms with E-state index < -0.39 is 16.5 Å². The Hall–Kier alpha value is -3.46. The van der Waals surface area contributed by atoms with Gasteiger partial charge in [-0.3, -0.25) is 4.21 Å². The largest absolute Gasteiger partial charge is 0.495 e. The molecule has 1 atom stereocenters. The maximum absolute atomic E-state index is 13.6. The van der Waals surface area contributed by atoms with E-state index in [2.05, 4.69) is 21.1 Å². The number of ether oxygens (including phenoxy) is 1. The van der Waals surface area contributed by atoms with Crippen LogP contribution in [0, 0.1) is 18.2 Å². The van der Waals surface area contributed by atoms with E-state index in [1.54, 1.807) is 25.6 Å². The molecule has 0 radical (unpaired) electrons. The summed E-state index contributed by atoms with van der Waals surface area (Å²) in [5, 5.41) is 4.50. The maximum Gasteiger partial charge on any atom is 0.234 e. The van der Waals surface area contributed by atoms with E-state index in [4.69, 9.17) is 9.57 Å². The SMILES string of the molecule is COc1cc(C=C2CC3(CN4C2=NOC4(C)c2ccc(F)cc2)CS(=O)C3)ccc1-n1cnc(C)c1. The van der Waals surface area contributed by atoms with E-state index in [9.17, 15) is 8.60 Å². The second kappa shape index (κ2) is 8.30. The Labute approximate surface area is 211 Å². The molecule has 0 bridgehead atoms. The molecule has 6 rings (SSSR count). The van der Waals surface area contributed by atoms with Gasteiger partial charge in [0.05, 0.1) is 24.8 Å². The van der Waals surface area contributed by atoms with Crippen LogP contribution in [-0.4, -0.2) is 49.7 Å². The van der Waals surface area contributed by atoms with Crippen molar-refractivity contribution in [3.8, 4) is 11.4 Å². The first-order valence-electron chi connectivity index (χ1n) is 11.8. The van der Waals surface area contributed by atoms with Gasteiger partial charge < -0.3 is 19.0 Å². The molecule has 3 aromatic rings. The van der Waals surface area contributed by atoms with Crippen LogP contribution >= 0.6 is 0 Å². The molecule has 36 heavy (non-hydrogen) atoms. The number of fused-ring (bicyclic) bond motifs is 1. The highest BCUT2D eigenvalue weighted by Gasteiger charge is 2.55. The molecule has 2 saturated heterocycles. The van der Waals surface area contributed by atoms with Crippen LogP contribution in [0.4, 0.5) is 4.39 Å². The molecule has 3 aliphatic heterocycles. The predicted molar refractivity (Wildman–Crippen MR) is 137 cm³/mol. The number of aryl methyl sites for hydroxylation is 1. The summed E-state index contributed by atoms with van der Waals surface area (Å²) < 4.78 is 33.5. The zero-order valence-electron chi connectivity index (χ0n) is 20.4. The zero-order valence-corrected chi connectivity index (χ0v) is 21.2. The zero-order chi connectivity index (χ0) is 25.1. The Morgan fingerprint density at radius 3 is 2.64 bits per heavy atom. The van der Waals surface area contributed by atoms with Crippen molar-refractivity contribution in [3.05, 3.63) is 83.2 Å². The smallest absolute Gasteiger partial charge is 0.234 e. The first-order valence-corrected chi connectivity index (χ1v) is 13.3. The van der Waals surface area contributed by atoms with Crippen molar-refractivity contribution >= 4 is 22.7 Å². The van der Waals surface area contributed by atoms with E-state index in [1.807, 2.05) is 42.8 Å². The summed E-state index contributed by atoms with van der Waals surface area (Å²) in [7, 11) is 0.846. The molecule has 7 nitrogen and oxygen atoms in total. The monoisotopic (exact) mass is 506 g/mol. The third kappa shape index (κ3) is 3.73. The first-order chi connectivity index (χ1) is 17.3. The van der Waals surface area contributed by atoms with Gasteiger partial charge in [0.15, 0.2) is 5.84 Å². The van der Waals surface area contributed by atoms with Crippen LogP contribution < -0.4 is 4.74 Å². The molecule has 3 aliphatic rings. The Kier molecular flexibility index (Phi) is 5.29. The lowest BCUT2D eigenvalue weighted by molar-refractivity contribution is -0.101. The highest BCUT2D eigenvalue weighted by atomic mass is 32.2. The van der Waals surface area contributed by atoms with E-state index in [0.717, 1.165) is 46.1 Å². The molecule has 2 fully saturated rings. The van der Waals surface area contributed by atoms with Crippen LogP contribution in [-0.2, 0) is 21.4 Å². The normalized spacial score (nSPS) is 28.0. The molecule has 0 aliphatic carbocycles. The molecule has 0 N–H and O–H groups in total. The van der Waals surface area contributed by atoms with Crippen molar-refractivity contribution in [2.45, 2.75) is 26.0 Å². The van der Waals surface area contributed by atoms with Gasteiger partial charge in [0.25, 0.3) is 0 Å². The minimum atomic E-state index is -0.868. The molecule has 0 saturated carbocycles. The van der Waals surface area contributed by atoms with E-state index >= 15 is 0 Å². The second-order valence-electron chi connectivity index (χ2n) is 10.0. The van der Waals surface area contributed by atoms with Crippen molar-refractivity contribution in [1.82, 2.24) is 14.5 Å². The number of aromatic nitrogens is 2. The summed E-state index contributed by atoms with van der Waals surface area (Å²) in [6, 6.07) is 12.4. The van der Waals surface area contributed by atoms with Crippen LogP contribution in [0.25, 0.3) is 11.8 Å². The minimum Gasteiger partial charge on any atom is -0.495 e. The van der Waals surface area contributed by atoms with Gasteiger partial charge in [-0.2, -0.15) is 0 Å². The van der Waals surface area contributed by atoms with Crippen molar-refractivity contribution in [1.29, 1.82) is 0 Å². The highest BCUT2D eigenvalue weighted by Crippen LogP contribution is 2.49. The quantitative estimate of drug-likeness (QED) is 0.525. The van der Waals surface area contributed by atoms with Gasteiger partial charge in [0.2, 0.25) is 5.72 Å². The van der Waals surface area contributed by atoms with Gasteiger partial charge >= 0.3 is 0 Å². The minimum absolute atomic E-state index is 0.108. The van der Waals surface area contributed by atoms with E-state index in [0.29, 0.717) is 18.1 Å². The van der Waals surface area contributed by atoms with Crippen molar-refractivity contribution in [3.63, 3.8) is 0 Å². The molecule has 1 unspecified atom stereocenters. The lowest BCUT2D eigenvalue weighted by Gasteiger charge is -2.50. The summed E-state index contributed by atoms with van der Waals surface area (Å²) in [6.07, 6.45) is 6.60. The topological polar surface area (TPSA) is 69.0 Å². The maximum atomic E-state index is 13.6. The fourth-order valence-electron chi connectivity index (χ4n) is 5.43. The number of oxime groups is 1. The molecule has 0 amide bonds. The number of methoxy groups -OCH3 is 1. The third-order valence-electron chi connectivity index (χ3n) is 7.28. The number of amidine groups is 1. The lowest BCUT2D eigenvalue weighted by atomic mass is 9.78. The number of hydrogen-bond acceptors (Lipinski definition) is 6. The summed E-state index contributed by atoms with van der Waals surface area (Å²) in [4.78, 5) is 12.5. The summed E-state index contributed by atoms with van der Waals surface area (Å²) in [5.41, 5.74) is 3.67. The molecular weight excluding hydrogens is 479 g/mol. The van der Waals surface area contributed by atoms with E-state index in [1.165, 1.54) is 12.1 Å². The average molecular weight is 507 g/mol. The summed E-state index contributed by atoms with van der Waals surface area (Å²) in [6.45, 7) is 4.59. The van der Waals surface area contributed by atoms with Crippen LogP contribution in [0.15, 0.2) is 65.7 Å². The molecule has 9 heteroatoms. The Balaban J connectivity index is 1.38. The molecule has 4 heterocycles. The average Bonchev–Trinajstić information content (AvgIpc) is 3.42. The van der Waals surface area contributed by atoms with E-state index in [-0.39, 0.29) is 11.2 Å². The number of imidazole rings is 1. The summed E-state index contributed by atoms with van der Waals surface area (Å²) in [5.74, 6) is 2.49. The molecule has 1 aromatic heterocycles. The van der Waals surface area contributed by atoms with Crippen molar-refractivity contribution < 1.29 is 18.2 Å². The number of nitrogens with zero attached hydrogens (tertiary/aromatic N) is 4. The van der Waals surface area contributed by atoms with Gasteiger partial charge in [-0.05, 0) is 54.8 Å². The second-order valence-corrected chi connectivity index (χ2v) is 11.5. The fraction of sp³-hybridized carbons (Fsp3) is 0.333. The lowest BCUT2D eigenvalue weighted by Crippen LogP contribution is -2.60. The van der Waals surface area contributed by atoms with Gasteiger partial charge in [-0.15, -0.1) is 0 Å². The third-order valence-corrected chi connectivity index (χ3v) is 9.14. The molecule has 1 spiro atoms. The number of halogens is 1. The van der Waals surface area contributed by atoms with Gasteiger partial charge in [-0.25, -0.2) is 9.37 Å². The van der Waals surface area contributed by atoms with Crippen LogP contribution in [0.5, 0.6) is 5.75 Å². The molecule has 2 aromatic carbocycles. The Bertz CT molecular complexity index is 1420. The number of rotatable bonds is 4. The molecular formula is C27H27FN4O3S. The Morgan fingerprint density at radius 1 is 1.19 bits per heavy atom.